The number of amides is 1. The molecule has 0 aliphatic heterocycles. The molecular weight excluding hydrogens is 299 g/mol. The summed E-state index contributed by atoms with van der Waals surface area (Å²) in [5.74, 6) is -0.255. The quantitative estimate of drug-likeness (QED) is 0.943. The van der Waals surface area contributed by atoms with Crippen molar-refractivity contribution >= 4 is 11.6 Å². The summed E-state index contributed by atoms with van der Waals surface area (Å²) in [6, 6.07) is 7.38. The van der Waals surface area contributed by atoms with Crippen molar-refractivity contribution in [1.82, 2.24) is 9.78 Å². The minimum absolute atomic E-state index is 0.196. The molecule has 8 heteroatoms. The first-order valence-corrected chi connectivity index (χ1v) is 6.47. The van der Waals surface area contributed by atoms with Gasteiger partial charge in [-0.1, -0.05) is 12.1 Å². The van der Waals surface area contributed by atoms with Crippen molar-refractivity contribution in [3.05, 3.63) is 41.7 Å². The fraction of sp³-hybridized carbons (Fsp3) is 0.286. The van der Waals surface area contributed by atoms with Gasteiger partial charge in [0.1, 0.15) is 11.4 Å². The van der Waals surface area contributed by atoms with Gasteiger partial charge >= 0.3 is 6.18 Å². The highest BCUT2D eigenvalue weighted by atomic mass is 19.4. The number of aromatic nitrogens is 2. The van der Waals surface area contributed by atoms with E-state index in [0.29, 0.717) is 24.1 Å². The number of hydrogen-bond acceptors (Lipinski definition) is 3. The molecule has 22 heavy (non-hydrogen) atoms. The van der Waals surface area contributed by atoms with Gasteiger partial charge in [0.15, 0.2) is 5.69 Å². The minimum Gasteiger partial charge on any atom is -0.492 e. The average Bonchev–Trinajstić information content (AvgIpc) is 2.83. The van der Waals surface area contributed by atoms with Gasteiger partial charge in [-0.25, -0.2) is 0 Å². The van der Waals surface area contributed by atoms with Crippen LogP contribution in [-0.4, -0.2) is 22.3 Å². The zero-order valence-corrected chi connectivity index (χ0v) is 11.9. The zero-order chi connectivity index (χ0) is 16.3. The molecule has 1 amide bonds. The molecule has 0 saturated heterocycles. The molecule has 1 aromatic heterocycles. The van der Waals surface area contributed by atoms with E-state index in [1.807, 2.05) is 0 Å². The Balaban J connectivity index is 2.25. The largest absolute Gasteiger partial charge is 0.492 e. The first-order valence-electron chi connectivity index (χ1n) is 6.47. The predicted molar refractivity (Wildman–Crippen MR) is 73.8 cm³/mol. The van der Waals surface area contributed by atoms with E-state index in [1.54, 1.807) is 31.2 Å². The smallest absolute Gasteiger partial charge is 0.435 e. The molecule has 0 unspecified atom stereocenters. The molecular formula is C14H14F3N3O2. The standard InChI is InChI=1S/C14H14F3N3O2/c1-3-22-11-7-5-4-6-9(11)18-13(21)10-8-12(14(15,16)17)19-20(10)2/h4-8H,3H2,1-2H3,(H,18,21). The van der Waals surface area contributed by atoms with E-state index in [0.717, 1.165) is 4.68 Å². The van der Waals surface area contributed by atoms with Crippen LogP contribution in [0.2, 0.25) is 0 Å². The van der Waals surface area contributed by atoms with E-state index in [9.17, 15) is 18.0 Å². The highest BCUT2D eigenvalue weighted by Crippen LogP contribution is 2.29. The van der Waals surface area contributed by atoms with E-state index in [4.69, 9.17) is 4.74 Å². The van der Waals surface area contributed by atoms with Crippen LogP contribution in [-0.2, 0) is 13.2 Å². The second-order valence-corrected chi connectivity index (χ2v) is 4.42. The number of carbonyl (C=O) groups excluding carboxylic acids is 1. The zero-order valence-electron chi connectivity index (χ0n) is 11.9. The molecule has 118 valence electrons. The molecule has 5 nitrogen and oxygen atoms in total. The van der Waals surface area contributed by atoms with Crippen LogP contribution in [0.4, 0.5) is 18.9 Å². The fourth-order valence-corrected chi connectivity index (χ4v) is 1.86. The Hall–Kier alpha value is -2.51. The molecule has 0 saturated carbocycles. The Morgan fingerprint density at radius 1 is 1.36 bits per heavy atom. The number of ether oxygens (including phenoxy) is 1. The van der Waals surface area contributed by atoms with E-state index in [1.165, 1.54) is 7.05 Å². The Morgan fingerprint density at radius 2 is 2.05 bits per heavy atom. The first kappa shape index (κ1) is 15.9. The molecule has 1 aromatic carbocycles. The van der Waals surface area contributed by atoms with Gasteiger partial charge in [-0.2, -0.15) is 18.3 Å². The predicted octanol–water partition coefficient (Wildman–Crippen LogP) is 3.09. The molecule has 2 aromatic rings. The van der Waals surface area contributed by atoms with Crippen molar-refractivity contribution < 1.29 is 22.7 Å². The average molecular weight is 313 g/mol. The van der Waals surface area contributed by atoms with Crippen LogP contribution in [0.15, 0.2) is 30.3 Å². The maximum absolute atomic E-state index is 12.6. The Morgan fingerprint density at radius 3 is 2.64 bits per heavy atom. The number of aryl methyl sites for hydroxylation is 1. The van der Waals surface area contributed by atoms with Crippen molar-refractivity contribution in [3.63, 3.8) is 0 Å². The minimum atomic E-state index is -4.60. The maximum atomic E-state index is 12.6. The summed E-state index contributed by atoms with van der Waals surface area (Å²) in [7, 11) is 1.28. The van der Waals surface area contributed by atoms with Crippen LogP contribution in [0.25, 0.3) is 0 Å². The summed E-state index contributed by atoms with van der Waals surface area (Å²) in [6.07, 6.45) is -4.60. The van der Waals surface area contributed by atoms with Crippen molar-refractivity contribution in [2.75, 3.05) is 11.9 Å². The Bertz CT molecular complexity index is 680. The molecule has 1 heterocycles. The second kappa shape index (κ2) is 6.08. The van der Waals surface area contributed by atoms with Gasteiger partial charge < -0.3 is 10.1 Å². The van der Waals surface area contributed by atoms with Crippen molar-refractivity contribution in [2.24, 2.45) is 7.05 Å². The van der Waals surface area contributed by atoms with Crippen molar-refractivity contribution in [1.29, 1.82) is 0 Å². The third kappa shape index (κ3) is 3.38. The molecule has 0 aliphatic rings. The van der Waals surface area contributed by atoms with Crippen LogP contribution < -0.4 is 10.1 Å². The molecule has 2 rings (SSSR count). The third-order valence-electron chi connectivity index (χ3n) is 2.84. The number of rotatable bonds is 4. The summed E-state index contributed by atoms with van der Waals surface area (Å²) in [5.41, 5.74) is -0.930. The maximum Gasteiger partial charge on any atom is 0.435 e. The van der Waals surface area contributed by atoms with Gasteiger partial charge in [0.05, 0.1) is 12.3 Å². The number of halogens is 3. The lowest BCUT2D eigenvalue weighted by molar-refractivity contribution is -0.141. The number of alkyl halides is 3. The second-order valence-electron chi connectivity index (χ2n) is 4.42. The number of nitrogens with one attached hydrogen (secondary N) is 1. The van der Waals surface area contributed by atoms with Gasteiger partial charge in [-0.3, -0.25) is 9.48 Å². The topological polar surface area (TPSA) is 56.1 Å². The molecule has 0 spiro atoms. The highest BCUT2D eigenvalue weighted by Gasteiger charge is 2.35. The summed E-state index contributed by atoms with van der Waals surface area (Å²) in [4.78, 5) is 12.1. The number of hydrogen-bond donors (Lipinski definition) is 1. The molecule has 0 fully saturated rings. The third-order valence-corrected chi connectivity index (χ3v) is 2.84. The highest BCUT2D eigenvalue weighted by molar-refractivity contribution is 6.03. The Kier molecular flexibility index (Phi) is 4.39. The van der Waals surface area contributed by atoms with E-state index in [-0.39, 0.29) is 5.69 Å². The van der Waals surface area contributed by atoms with E-state index < -0.39 is 17.8 Å². The SMILES string of the molecule is CCOc1ccccc1NC(=O)c1cc(C(F)(F)F)nn1C. The number of para-hydroxylation sites is 2. The normalized spacial score (nSPS) is 11.3. The number of anilines is 1. The lowest BCUT2D eigenvalue weighted by Crippen LogP contribution is -2.16. The number of carbonyl (C=O) groups is 1. The van der Waals surface area contributed by atoms with Gasteiger partial charge in [0.2, 0.25) is 0 Å². The number of benzene rings is 1. The van der Waals surface area contributed by atoms with Crippen LogP contribution in [0, 0.1) is 0 Å². The summed E-state index contributed by atoms with van der Waals surface area (Å²) in [6.45, 7) is 2.19. The molecule has 0 bridgehead atoms. The monoisotopic (exact) mass is 313 g/mol. The van der Waals surface area contributed by atoms with Crippen LogP contribution in [0.3, 0.4) is 0 Å². The lowest BCUT2D eigenvalue weighted by atomic mass is 10.2. The van der Waals surface area contributed by atoms with Crippen LogP contribution in [0.1, 0.15) is 23.1 Å². The van der Waals surface area contributed by atoms with Gasteiger partial charge in [0.25, 0.3) is 5.91 Å². The van der Waals surface area contributed by atoms with Crippen LogP contribution >= 0.6 is 0 Å². The summed E-state index contributed by atoms with van der Waals surface area (Å²) in [5, 5.41) is 5.83. The van der Waals surface area contributed by atoms with Gasteiger partial charge in [0, 0.05) is 13.1 Å². The molecule has 1 N–H and O–H groups in total. The fourth-order valence-electron chi connectivity index (χ4n) is 1.86. The van der Waals surface area contributed by atoms with Gasteiger partial charge in [-0.15, -0.1) is 0 Å². The first-order chi connectivity index (χ1) is 10.3. The molecule has 0 radical (unpaired) electrons. The molecule has 0 atom stereocenters. The van der Waals surface area contributed by atoms with E-state index >= 15 is 0 Å². The van der Waals surface area contributed by atoms with E-state index in [2.05, 4.69) is 10.4 Å². The van der Waals surface area contributed by atoms with Gasteiger partial charge in [-0.05, 0) is 19.1 Å². The van der Waals surface area contributed by atoms with Crippen LogP contribution in [0.5, 0.6) is 5.75 Å². The molecule has 0 aliphatic carbocycles. The number of nitrogens with zero attached hydrogens (tertiary/aromatic N) is 2. The lowest BCUT2D eigenvalue weighted by Gasteiger charge is -2.11. The van der Waals surface area contributed by atoms with Crippen molar-refractivity contribution in [2.45, 2.75) is 13.1 Å². The Labute approximate surface area is 124 Å². The van der Waals surface area contributed by atoms with Crippen molar-refractivity contribution in [3.8, 4) is 5.75 Å². The summed E-state index contributed by atoms with van der Waals surface area (Å²) < 4.78 is 44.1. The summed E-state index contributed by atoms with van der Waals surface area (Å²) >= 11 is 0.